The van der Waals surface area contributed by atoms with Crippen LogP contribution in [0.5, 0.6) is 0 Å². The van der Waals surface area contributed by atoms with Gasteiger partial charge in [-0.25, -0.2) is 0 Å². The number of unbranched alkanes of at least 4 members (excludes halogenated alkanes) is 2. The quantitative estimate of drug-likeness (QED) is 0.325. The number of nitrogens with zero attached hydrogens (tertiary/aromatic N) is 1. The molecule has 0 aromatic carbocycles. The van der Waals surface area contributed by atoms with Crippen molar-refractivity contribution < 1.29 is 9.53 Å². The van der Waals surface area contributed by atoms with Gasteiger partial charge in [-0.05, 0) is 25.7 Å². The molecule has 116 valence electrons. The van der Waals surface area contributed by atoms with Crippen molar-refractivity contribution in [1.82, 2.24) is 10.6 Å². The molecule has 0 atom stereocenters. The van der Waals surface area contributed by atoms with Gasteiger partial charge in [-0.2, -0.15) is 0 Å². The Morgan fingerprint density at radius 2 is 1.95 bits per heavy atom. The van der Waals surface area contributed by atoms with Gasteiger partial charge < -0.3 is 15.4 Å². The lowest BCUT2D eigenvalue weighted by Gasteiger charge is -2.24. The van der Waals surface area contributed by atoms with Gasteiger partial charge in [0.05, 0.1) is 7.11 Å². The van der Waals surface area contributed by atoms with Gasteiger partial charge in [0.15, 0.2) is 5.96 Å². The van der Waals surface area contributed by atoms with Gasteiger partial charge in [0.2, 0.25) is 0 Å². The third-order valence-corrected chi connectivity index (χ3v) is 3.75. The van der Waals surface area contributed by atoms with E-state index >= 15 is 0 Å². The molecular weight excluding hydrogens is 254 g/mol. The minimum Gasteiger partial charge on any atom is -0.469 e. The topological polar surface area (TPSA) is 62.7 Å². The van der Waals surface area contributed by atoms with Crippen molar-refractivity contribution in [3.63, 3.8) is 0 Å². The number of ether oxygens (including phenoxy) is 1. The molecule has 0 aromatic heterocycles. The number of hydrogen-bond acceptors (Lipinski definition) is 3. The number of methoxy groups -OCH3 is 1. The highest BCUT2D eigenvalue weighted by Gasteiger charge is 2.13. The van der Waals surface area contributed by atoms with Crippen LogP contribution in [0.25, 0.3) is 0 Å². The summed E-state index contributed by atoms with van der Waals surface area (Å²) in [7, 11) is 3.25. The minimum atomic E-state index is -0.118. The zero-order valence-electron chi connectivity index (χ0n) is 12.9. The van der Waals surface area contributed by atoms with Crippen LogP contribution >= 0.6 is 0 Å². The summed E-state index contributed by atoms with van der Waals surface area (Å²) in [5.41, 5.74) is 0. The van der Waals surface area contributed by atoms with Crippen LogP contribution in [0.4, 0.5) is 0 Å². The number of hydrogen-bond donors (Lipinski definition) is 2. The maximum absolute atomic E-state index is 11.0. The molecule has 5 heteroatoms. The normalized spacial score (nSPS) is 16.8. The molecule has 2 N–H and O–H groups in total. The van der Waals surface area contributed by atoms with E-state index < -0.39 is 0 Å². The van der Waals surface area contributed by atoms with Crippen LogP contribution in [-0.2, 0) is 9.53 Å². The van der Waals surface area contributed by atoms with E-state index in [1.807, 2.05) is 7.05 Å². The highest BCUT2D eigenvalue weighted by atomic mass is 16.5. The monoisotopic (exact) mass is 283 g/mol. The zero-order chi connectivity index (χ0) is 14.6. The molecule has 0 amide bonds. The SMILES string of the molecule is CN=C(NCCCCCC(=O)OC)NC1CCCCC1. The van der Waals surface area contributed by atoms with Gasteiger partial charge in [0, 0.05) is 26.1 Å². The lowest BCUT2D eigenvalue weighted by molar-refractivity contribution is -0.140. The minimum absolute atomic E-state index is 0.118. The second kappa shape index (κ2) is 10.5. The molecule has 0 aromatic rings. The molecular formula is C15H29N3O2. The Morgan fingerprint density at radius 1 is 1.20 bits per heavy atom. The Morgan fingerprint density at radius 3 is 2.60 bits per heavy atom. The number of nitrogens with one attached hydrogen (secondary N) is 2. The van der Waals surface area contributed by atoms with E-state index in [1.165, 1.54) is 39.2 Å². The Labute approximate surface area is 122 Å². The summed E-state index contributed by atoms with van der Waals surface area (Å²) in [6, 6.07) is 0.578. The van der Waals surface area contributed by atoms with Crippen molar-refractivity contribution in [1.29, 1.82) is 0 Å². The molecule has 0 aliphatic heterocycles. The Balaban J connectivity index is 2.05. The third-order valence-electron chi connectivity index (χ3n) is 3.75. The first-order valence-corrected chi connectivity index (χ1v) is 7.80. The number of carbonyl (C=O) groups excluding carboxylic acids is 1. The Bertz CT molecular complexity index is 299. The molecule has 0 radical (unpaired) electrons. The predicted octanol–water partition coefficient (Wildman–Crippen LogP) is 2.22. The smallest absolute Gasteiger partial charge is 0.305 e. The van der Waals surface area contributed by atoms with Crippen LogP contribution < -0.4 is 10.6 Å². The first-order chi connectivity index (χ1) is 9.76. The predicted molar refractivity (Wildman–Crippen MR) is 81.9 cm³/mol. The Kier molecular flexibility index (Phi) is 8.83. The first-order valence-electron chi connectivity index (χ1n) is 7.80. The summed E-state index contributed by atoms with van der Waals surface area (Å²) in [6.07, 6.45) is 9.99. The molecule has 0 unspecified atom stereocenters. The van der Waals surface area contributed by atoms with Crippen molar-refractivity contribution in [2.24, 2.45) is 4.99 Å². The second-order valence-corrected chi connectivity index (χ2v) is 5.37. The highest BCUT2D eigenvalue weighted by molar-refractivity contribution is 5.79. The third kappa shape index (κ3) is 7.36. The maximum Gasteiger partial charge on any atom is 0.305 e. The lowest BCUT2D eigenvalue weighted by Crippen LogP contribution is -2.44. The van der Waals surface area contributed by atoms with E-state index in [9.17, 15) is 4.79 Å². The van der Waals surface area contributed by atoms with E-state index in [0.717, 1.165) is 31.8 Å². The van der Waals surface area contributed by atoms with Gasteiger partial charge >= 0.3 is 5.97 Å². The number of rotatable bonds is 7. The number of esters is 1. The largest absolute Gasteiger partial charge is 0.469 e. The number of aliphatic imine (C=N–C) groups is 1. The molecule has 1 aliphatic rings. The standard InChI is InChI=1S/C15H29N3O2/c1-16-15(18-13-9-5-3-6-10-13)17-12-8-4-7-11-14(19)20-2/h13H,3-12H2,1-2H3,(H2,16,17,18). The van der Waals surface area contributed by atoms with Gasteiger partial charge in [0.1, 0.15) is 0 Å². The number of carbonyl (C=O) groups is 1. The number of guanidine groups is 1. The molecule has 1 aliphatic carbocycles. The maximum atomic E-state index is 11.0. The van der Waals surface area contributed by atoms with Crippen molar-refractivity contribution in [3.8, 4) is 0 Å². The first kappa shape index (κ1) is 16.8. The fraction of sp³-hybridized carbons (Fsp3) is 0.867. The van der Waals surface area contributed by atoms with Gasteiger partial charge in [-0.3, -0.25) is 9.79 Å². The van der Waals surface area contributed by atoms with Crippen molar-refractivity contribution >= 4 is 11.9 Å². The van der Waals surface area contributed by atoms with Crippen LogP contribution in [0, 0.1) is 0 Å². The molecule has 0 heterocycles. The van der Waals surface area contributed by atoms with E-state index in [-0.39, 0.29) is 5.97 Å². The van der Waals surface area contributed by atoms with Crippen molar-refractivity contribution in [2.75, 3.05) is 20.7 Å². The molecule has 1 rings (SSSR count). The van der Waals surface area contributed by atoms with Crippen LogP contribution in [0.15, 0.2) is 4.99 Å². The van der Waals surface area contributed by atoms with E-state index in [4.69, 9.17) is 0 Å². The summed E-state index contributed by atoms with van der Waals surface area (Å²) < 4.78 is 4.61. The van der Waals surface area contributed by atoms with E-state index in [2.05, 4.69) is 20.4 Å². The average molecular weight is 283 g/mol. The second-order valence-electron chi connectivity index (χ2n) is 5.37. The molecule has 0 spiro atoms. The average Bonchev–Trinajstić information content (AvgIpc) is 2.50. The van der Waals surface area contributed by atoms with E-state index in [0.29, 0.717) is 12.5 Å². The van der Waals surface area contributed by atoms with Gasteiger partial charge in [0.25, 0.3) is 0 Å². The molecule has 5 nitrogen and oxygen atoms in total. The molecule has 20 heavy (non-hydrogen) atoms. The van der Waals surface area contributed by atoms with Crippen LogP contribution in [0.3, 0.4) is 0 Å². The van der Waals surface area contributed by atoms with Crippen molar-refractivity contribution in [2.45, 2.75) is 63.8 Å². The molecule has 0 bridgehead atoms. The van der Waals surface area contributed by atoms with Crippen LogP contribution in [0.2, 0.25) is 0 Å². The van der Waals surface area contributed by atoms with E-state index in [1.54, 1.807) is 0 Å². The summed E-state index contributed by atoms with van der Waals surface area (Å²) in [5, 5.41) is 6.83. The summed E-state index contributed by atoms with van der Waals surface area (Å²) in [4.78, 5) is 15.2. The van der Waals surface area contributed by atoms with Gasteiger partial charge in [-0.15, -0.1) is 0 Å². The van der Waals surface area contributed by atoms with Crippen LogP contribution in [0.1, 0.15) is 57.8 Å². The Hall–Kier alpha value is -1.26. The summed E-state index contributed by atoms with van der Waals surface area (Å²) in [6.45, 7) is 0.896. The zero-order valence-corrected chi connectivity index (χ0v) is 12.9. The van der Waals surface area contributed by atoms with Gasteiger partial charge in [-0.1, -0.05) is 25.7 Å². The molecule has 0 saturated heterocycles. The van der Waals surface area contributed by atoms with Crippen LogP contribution in [-0.4, -0.2) is 38.7 Å². The van der Waals surface area contributed by atoms with Crippen molar-refractivity contribution in [3.05, 3.63) is 0 Å². The highest BCUT2D eigenvalue weighted by Crippen LogP contribution is 2.17. The molecule has 1 saturated carbocycles. The summed E-state index contributed by atoms with van der Waals surface area (Å²) in [5.74, 6) is 0.789. The lowest BCUT2D eigenvalue weighted by atomic mass is 9.96. The molecule has 1 fully saturated rings. The summed E-state index contributed by atoms with van der Waals surface area (Å²) >= 11 is 0. The fourth-order valence-electron chi connectivity index (χ4n) is 2.51. The fourth-order valence-corrected chi connectivity index (χ4v) is 2.51.